The second-order valence-electron chi connectivity index (χ2n) is 3.82. The first-order valence-corrected chi connectivity index (χ1v) is 5.56. The molecule has 4 nitrogen and oxygen atoms in total. The summed E-state index contributed by atoms with van der Waals surface area (Å²) in [6.07, 6.45) is 4.02. The van der Waals surface area contributed by atoms with Crippen molar-refractivity contribution in [3.63, 3.8) is 0 Å². The van der Waals surface area contributed by atoms with Gasteiger partial charge in [-0.3, -0.25) is 14.8 Å². The predicted molar refractivity (Wildman–Crippen MR) is 91.7 cm³/mol. The fraction of sp³-hybridized carbons (Fsp3) is 0.312. The van der Waals surface area contributed by atoms with Gasteiger partial charge in [-0.1, -0.05) is 20.9 Å². The molecule has 22 heavy (non-hydrogen) atoms. The number of hydrogen-bond donors (Lipinski definition) is 1. The summed E-state index contributed by atoms with van der Waals surface area (Å²) >= 11 is 0. The molecule has 0 aromatic carbocycles. The van der Waals surface area contributed by atoms with Crippen molar-refractivity contribution in [2.45, 2.75) is 35.3 Å². The van der Waals surface area contributed by atoms with Crippen molar-refractivity contribution in [3.05, 3.63) is 59.2 Å². The van der Waals surface area contributed by atoms with Gasteiger partial charge >= 0.3 is 29.6 Å². The smallest absolute Gasteiger partial charge is 1.00 e. The molecule has 6 heteroatoms. The predicted octanol–water partition coefficient (Wildman–Crippen LogP) is 0.339. The Morgan fingerprint density at radius 2 is 1.59 bits per heavy atom. The molecule has 3 radical (unpaired) electrons. The number of carbonyl (C=O) groups excluding carboxylic acids is 1. The van der Waals surface area contributed by atoms with Crippen LogP contribution in [0.5, 0.6) is 0 Å². The molecule has 0 unspecified atom stereocenters. The van der Waals surface area contributed by atoms with Crippen LogP contribution < -0.4 is 29.6 Å². The second-order valence-corrected chi connectivity index (χ2v) is 3.82. The number of carbonyl (C=O) groups is 1. The van der Waals surface area contributed by atoms with Gasteiger partial charge in [-0.25, -0.2) is 0 Å². The number of aliphatic hydroxyl groups excluding tert-OH is 1. The van der Waals surface area contributed by atoms with Gasteiger partial charge in [-0.15, -0.1) is 0 Å². The summed E-state index contributed by atoms with van der Waals surface area (Å²) in [5, 5.41) is 8.59. The quantitative estimate of drug-likeness (QED) is 0.641. The molecule has 0 atom stereocenters. The minimum absolute atomic E-state index is 0. The van der Waals surface area contributed by atoms with Crippen LogP contribution in [0.3, 0.4) is 0 Å². The molecule has 2 aromatic heterocycles. The molecular weight excluding hydrogens is 286 g/mol. The molecule has 0 spiro atoms. The van der Waals surface area contributed by atoms with E-state index in [1.165, 1.54) is 0 Å². The summed E-state index contributed by atoms with van der Waals surface area (Å²) < 4.78 is 0. The minimum atomic E-state index is 0. The third kappa shape index (κ3) is 11.6. The zero-order valence-electron chi connectivity index (χ0n) is 13.1. The van der Waals surface area contributed by atoms with E-state index in [0.29, 0.717) is 5.56 Å². The van der Waals surface area contributed by atoms with E-state index in [0.717, 1.165) is 23.2 Å². The minimum Gasteiger partial charge on any atom is -1.00 e. The number of hydrogen-bond acceptors (Lipinski definition) is 4. The third-order valence-corrected chi connectivity index (χ3v) is 2.23. The number of nitrogens with zero attached hydrogens (tertiary/aromatic N) is 2. The van der Waals surface area contributed by atoms with Gasteiger partial charge in [0.15, 0.2) is 6.29 Å². The summed E-state index contributed by atoms with van der Waals surface area (Å²) in [6, 6.07) is 7.30. The van der Waals surface area contributed by atoms with Crippen LogP contribution >= 0.6 is 0 Å². The van der Waals surface area contributed by atoms with Crippen molar-refractivity contribution in [2.75, 3.05) is 0 Å². The maximum atomic E-state index is 10.1. The number of aromatic nitrogens is 2. The fourth-order valence-electron chi connectivity index (χ4n) is 1.14. The average Bonchev–Trinajstić information content (AvgIpc) is 2.41. The largest absolute Gasteiger partial charge is 1.00 e. The van der Waals surface area contributed by atoms with Crippen LogP contribution in [0.15, 0.2) is 36.7 Å². The van der Waals surface area contributed by atoms with E-state index >= 15 is 0 Å². The van der Waals surface area contributed by atoms with Gasteiger partial charge in [0.1, 0.15) is 0 Å². The van der Waals surface area contributed by atoms with Crippen molar-refractivity contribution in [2.24, 2.45) is 0 Å². The molecule has 0 aliphatic heterocycles. The Labute approximate surface area is 161 Å². The Morgan fingerprint density at radius 3 is 1.91 bits per heavy atom. The van der Waals surface area contributed by atoms with Gasteiger partial charge in [-0.2, -0.15) is 0 Å². The molecule has 2 aromatic rings. The molecule has 0 aliphatic carbocycles. The second kappa shape index (κ2) is 16.4. The standard InChI is InChI=1S/C7H9NO.C7H7NO.2CH4.B.Na.H2.H/c2*1-6-2-3-7(5-9)4-8-6;;;;;;/h2-4,9H,5H2,1H3;2-5H,1H3;2*1H4;;;1H;/q;;;;;+1;;-1/i;;;;;;1+1;. The molecule has 0 aliphatic rings. The molecule has 0 saturated heterocycles. The average molecular weight is 314 g/mol. The zero-order valence-corrected chi connectivity index (χ0v) is 14.1. The van der Waals surface area contributed by atoms with Crippen molar-refractivity contribution in [3.8, 4) is 0 Å². The van der Waals surface area contributed by atoms with Gasteiger partial charge < -0.3 is 6.53 Å². The summed E-state index contributed by atoms with van der Waals surface area (Å²) in [6.45, 7) is 3.88. The SMILES string of the molecule is C.C.Cc1ccc(C=O)cn1.Cc1ccc(CO)cn1.[2HH].[B].[H-].[Na+]. The summed E-state index contributed by atoms with van der Waals surface area (Å²) in [5.74, 6) is 0. The molecule has 0 saturated carbocycles. The van der Waals surface area contributed by atoms with E-state index in [1.807, 2.05) is 32.0 Å². The normalized spacial score (nSPS) is 7.59. The Balaban J connectivity index is -0.0000000540. The maximum absolute atomic E-state index is 10.1. The Bertz CT molecular complexity index is 500. The summed E-state index contributed by atoms with van der Waals surface area (Å²) in [4.78, 5) is 18.0. The van der Waals surface area contributed by atoms with E-state index in [-0.39, 0.29) is 62.3 Å². The topological polar surface area (TPSA) is 63.1 Å². The van der Waals surface area contributed by atoms with Crippen LogP contribution in [0, 0.1) is 13.8 Å². The van der Waals surface area contributed by atoms with E-state index in [9.17, 15) is 4.79 Å². The Hall–Kier alpha value is -1.01. The van der Waals surface area contributed by atoms with Crippen molar-refractivity contribution in [1.29, 1.82) is 0 Å². The molecule has 2 rings (SSSR count). The molecule has 0 bridgehead atoms. The number of aryl methyl sites for hydroxylation is 2. The third-order valence-electron chi connectivity index (χ3n) is 2.23. The van der Waals surface area contributed by atoms with E-state index in [4.69, 9.17) is 5.11 Å². The molecule has 1 N–H and O–H groups in total. The maximum Gasteiger partial charge on any atom is 1.00 e. The summed E-state index contributed by atoms with van der Waals surface area (Å²) in [5.41, 5.74) is 3.40. The van der Waals surface area contributed by atoms with Crippen molar-refractivity contribution >= 4 is 14.7 Å². The first-order valence-electron chi connectivity index (χ1n) is 5.56. The molecular formula is C16H27BN2NaO2. The van der Waals surface area contributed by atoms with E-state index in [2.05, 4.69) is 9.97 Å². The van der Waals surface area contributed by atoms with Crippen LogP contribution in [-0.2, 0) is 6.61 Å². The molecule has 2 heterocycles. The van der Waals surface area contributed by atoms with Crippen LogP contribution in [-0.4, -0.2) is 29.8 Å². The van der Waals surface area contributed by atoms with Gasteiger partial charge in [0, 0.05) is 39.2 Å². The van der Waals surface area contributed by atoms with Crippen LogP contribution in [0.25, 0.3) is 0 Å². The molecule has 0 amide bonds. The van der Waals surface area contributed by atoms with Crippen LogP contribution in [0.4, 0.5) is 0 Å². The zero-order chi connectivity index (χ0) is 13.4. The van der Waals surface area contributed by atoms with E-state index < -0.39 is 0 Å². The number of aliphatic hydroxyl groups is 1. The Kier molecular flexibility index (Phi) is 21.6. The first kappa shape index (κ1) is 29.1. The van der Waals surface area contributed by atoms with Crippen LogP contribution in [0.1, 0.15) is 45.0 Å². The van der Waals surface area contributed by atoms with Crippen LogP contribution in [0.2, 0.25) is 0 Å². The van der Waals surface area contributed by atoms with Gasteiger partial charge in [0.05, 0.1) is 6.61 Å². The summed E-state index contributed by atoms with van der Waals surface area (Å²) in [7, 11) is 0. The van der Waals surface area contributed by atoms with Gasteiger partial charge in [-0.05, 0) is 37.6 Å². The van der Waals surface area contributed by atoms with Crippen molar-refractivity contribution in [1.82, 2.24) is 9.97 Å². The number of aldehydes is 1. The Morgan fingerprint density at radius 1 is 1.09 bits per heavy atom. The van der Waals surface area contributed by atoms with E-state index in [1.54, 1.807) is 18.5 Å². The molecule has 117 valence electrons. The number of rotatable bonds is 2. The monoisotopic (exact) mass is 314 g/mol. The molecule has 0 fully saturated rings. The van der Waals surface area contributed by atoms with Crippen molar-refractivity contribution < 1.29 is 42.3 Å². The first-order chi connectivity index (χ1) is 8.65. The number of pyridine rings is 2. The van der Waals surface area contributed by atoms with Gasteiger partial charge in [0.2, 0.25) is 0 Å². The van der Waals surface area contributed by atoms with Gasteiger partial charge in [0.25, 0.3) is 0 Å². The fourth-order valence-corrected chi connectivity index (χ4v) is 1.14.